The molecule has 4 heteroatoms. The van der Waals surface area contributed by atoms with Gasteiger partial charge in [0.15, 0.2) is 0 Å². The number of aliphatic hydroxyl groups excluding tert-OH is 1. The van der Waals surface area contributed by atoms with Crippen LogP contribution in [0.25, 0.3) is 0 Å². The Morgan fingerprint density at radius 3 is 2.44 bits per heavy atom. The SMILES string of the molecule is Cc1cc(Cl)c(C(=O)N2CCC(O)CC2)cc1C. The van der Waals surface area contributed by atoms with Crippen molar-refractivity contribution in [3.63, 3.8) is 0 Å². The van der Waals surface area contributed by atoms with Crippen molar-refractivity contribution in [2.75, 3.05) is 13.1 Å². The summed E-state index contributed by atoms with van der Waals surface area (Å²) in [5.74, 6) is -0.0324. The molecule has 0 aliphatic carbocycles. The second kappa shape index (κ2) is 5.29. The van der Waals surface area contributed by atoms with E-state index in [4.69, 9.17) is 11.6 Å². The highest BCUT2D eigenvalue weighted by atomic mass is 35.5. The molecule has 1 aromatic rings. The van der Waals surface area contributed by atoms with E-state index in [2.05, 4.69) is 0 Å². The third-order valence-corrected chi connectivity index (χ3v) is 3.88. The zero-order valence-electron chi connectivity index (χ0n) is 10.7. The number of aliphatic hydroxyl groups is 1. The first-order valence-corrected chi connectivity index (χ1v) is 6.61. The lowest BCUT2D eigenvalue weighted by molar-refractivity contribution is 0.0546. The molecule has 1 aromatic carbocycles. The molecule has 0 aromatic heterocycles. The summed E-state index contributed by atoms with van der Waals surface area (Å²) in [4.78, 5) is 14.1. The summed E-state index contributed by atoms with van der Waals surface area (Å²) in [6.45, 7) is 5.15. The van der Waals surface area contributed by atoms with Crippen LogP contribution in [0.4, 0.5) is 0 Å². The van der Waals surface area contributed by atoms with Crippen molar-refractivity contribution >= 4 is 17.5 Å². The molecule has 18 heavy (non-hydrogen) atoms. The van der Waals surface area contributed by atoms with E-state index in [1.807, 2.05) is 26.0 Å². The average Bonchev–Trinajstić information content (AvgIpc) is 2.34. The summed E-state index contributed by atoms with van der Waals surface area (Å²) in [5.41, 5.74) is 2.72. The Morgan fingerprint density at radius 2 is 1.83 bits per heavy atom. The van der Waals surface area contributed by atoms with Crippen molar-refractivity contribution in [1.82, 2.24) is 4.90 Å². The van der Waals surface area contributed by atoms with Crippen LogP contribution in [0, 0.1) is 13.8 Å². The summed E-state index contributed by atoms with van der Waals surface area (Å²) >= 11 is 6.15. The van der Waals surface area contributed by atoms with Gasteiger partial charge in [0.1, 0.15) is 0 Å². The van der Waals surface area contributed by atoms with E-state index in [9.17, 15) is 9.90 Å². The smallest absolute Gasteiger partial charge is 0.255 e. The quantitative estimate of drug-likeness (QED) is 0.850. The third-order valence-electron chi connectivity index (χ3n) is 3.57. The lowest BCUT2D eigenvalue weighted by Gasteiger charge is -2.30. The maximum absolute atomic E-state index is 12.4. The molecule has 0 bridgehead atoms. The molecule has 3 nitrogen and oxygen atoms in total. The van der Waals surface area contributed by atoms with E-state index in [1.54, 1.807) is 4.90 Å². The van der Waals surface area contributed by atoms with Crippen molar-refractivity contribution in [1.29, 1.82) is 0 Å². The minimum absolute atomic E-state index is 0.0324. The normalized spacial score (nSPS) is 17.0. The van der Waals surface area contributed by atoms with Crippen molar-refractivity contribution < 1.29 is 9.90 Å². The molecular weight excluding hydrogens is 250 g/mol. The molecule has 1 N–H and O–H groups in total. The van der Waals surface area contributed by atoms with Crippen LogP contribution in [0.1, 0.15) is 34.3 Å². The predicted molar refractivity (Wildman–Crippen MR) is 72.1 cm³/mol. The highest BCUT2D eigenvalue weighted by Crippen LogP contribution is 2.23. The number of piperidine rings is 1. The number of likely N-dealkylation sites (tertiary alicyclic amines) is 1. The molecule has 98 valence electrons. The number of halogens is 1. The van der Waals surface area contributed by atoms with Gasteiger partial charge < -0.3 is 10.0 Å². The number of carbonyl (C=O) groups excluding carboxylic acids is 1. The van der Waals surface area contributed by atoms with E-state index >= 15 is 0 Å². The van der Waals surface area contributed by atoms with E-state index in [-0.39, 0.29) is 12.0 Å². The molecule has 1 aliphatic heterocycles. The third kappa shape index (κ3) is 2.68. The zero-order valence-corrected chi connectivity index (χ0v) is 11.5. The molecular formula is C14H18ClNO2. The van der Waals surface area contributed by atoms with Gasteiger partial charge in [-0.1, -0.05) is 11.6 Å². The Balaban J connectivity index is 2.21. The van der Waals surface area contributed by atoms with Crippen LogP contribution in [0.2, 0.25) is 5.02 Å². The van der Waals surface area contributed by atoms with Crippen LogP contribution in [-0.2, 0) is 0 Å². The Bertz CT molecular complexity index is 465. The summed E-state index contributed by atoms with van der Waals surface area (Å²) in [7, 11) is 0. The number of nitrogens with zero attached hydrogens (tertiary/aromatic N) is 1. The molecule has 2 rings (SSSR count). The number of hydrogen-bond donors (Lipinski definition) is 1. The van der Waals surface area contributed by atoms with Gasteiger partial charge in [-0.25, -0.2) is 0 Å². The van der Waals surface area contributed by atoms with Gasteiger partial charge in [-0.3, -0.25) is 4.79 Å². The number of rotatable bonds is 1. The summed E-state index contributed by atoms with van der Waals surface area (Å²) in [5, 5.41) is 9.96. The minimum Gasteiger partial charge on any atom is -0.393 e. The molecule has 1 amide bonds. The van der Waals surface area contributed by atoms with Gasteiger partial charge in [-0.2, -0.15) is 0 Å². The molecule has 0 radical (unpaired) electrons. The number of amides is 1. The molecule has 1 heterocycles. The van der Waals surface area contributed by atoms with Crippen molar-refractivity contribution in [3.8, 4) is 0 Å². The van der Waals surface area contributed by atoms with Gasteiger partial charge >= 0.3 is 0 Å². The van der Waals surface area contributed by atoms with E-state index in [1.165, 1.54) is 0 Å². The fourth-order valence-electron chi connectivity index (χ4n) is 2.18. The van der Waals surface area contributed by atoms with Gasteiger partial charge in [0.25, 0.3) is 5.91 Å². The lowest BCUT2D eigenvalue weighted by Crippen LogP contribution is -2.40. The first-order valence-electron chi connectivity index (χ1n) is 6.23. The molecule has 0 saturated carbocycles. The molecule has 1 aliphatic rings. The molecule has 0 atom stereocenters. The van der Waals surface area contributed by atoms with Crippen LogP contribution in [0.5, 0.6) is 0 Å². The molecule has 1 saturated heterocycles. The number of hydrogen-bond acceptors (Lipinski definition) is 2. The number of aryl methyl sites for hydroxylation is 2. The second-order valence-electron chi connectivity index (χ2n) is 4.94. The Morgan fingerprint density at radius 1 is 1.28 bits per heavy atom. The Hall–Kier alpha value is -1.06. The van der Waals surface area contributed by atoms with Gasteiger partial charge in [0.2, 0.25) is 0 Å². The summed E-state index contributed by atoms with van der Waals surface area (Å²) in [6, 6.07) is 3.69. The van der Waals surface area contributed by atoms with Gasteiger partial charge in [-0.15, -0.1) is 0 Å². The minimum atomic E-state index is -0.274. The zero-order chi connectivity index (χ0) is 13.3. The van der Waals surface area contributed by atoms with Crippen LogP contribution in [0.15, 0.2) is 12.1 Å². The van der Waals surface area contributed by atoms with E-state index in [0.717, 1.165) is 11.1 Å². The fourth-order valence-corrected chi connectivity index (χ4v) is 2.48. The van der Waals surface area contributed by atoms with Gasteiger partial charge in [0, 0.05) is 13.1 Å². The van der Waals surface area contributed by atoms with Crippen LogP contribution >= 0.6 is 11.6 Å². The monoisotopic (exact) mass is 267 g/mol. The second-order valence-corrected chi connectivity index (χ2v) is 5.35. The topological polar surface area (TPSA) is 40.5 Å². The van der Waals surface area contributed by atoms with Crippen LogP contribution in [0.3, 0.4) is 0 Å². The molecule has 1 fully saturated rings. The standard InChI is InChI=1S/C14H18ClNO2/c1-9-7-12(13(15)8-10(9)2)14(18)16-5-3-11(17)4-6-16/h7-8,11,17H,3-6H2,1-2H3. The maximum atomic E-state index is 12.4. The number of benzene rings is 1. The lowest BCUT2D eigenvalue weighted by atomic mass is 10.0. The largest absolute Gasteiger partial charge is 0.393 e. The first kappa shape index (κ1) is 13.4. The fraction of sp³-hybridized carbons (Fsp3) is 0.500. The highest BCUT2D eigenvalue weighted by Gasteiger charge is 2.24. The summed E-state index contributed by atoms with van der Waals surface area (Å²) in [6.07, 6.45) is 1.02. The van der Waals surface area contributed by atoms with Gasteiger partial charge in [-0.05, 0) is 49.9 Å². The van der Waals surface area contributed by atoms with Crippen LogP contribution < -0.4 is 0 Å². The highest BCUT2D eigenvalue weighted by molar-refractivity contribution is 6.33. The van der Waals surface area contributed by atoms with Crippen LogP contribution in [-0.4, -0.2) is 35.1 Å². The van der Waals surface area contributed by atoms with Crippen molar-refractivity contribution in [2.45, 2.75) is 32.8 Å². The number of carbonyl (C=O) groups is 1. The first-order chi connectivity index (χ1) is 8.49. The Kier molecular flexibility index (Phi) is 3.93. The average molecular weight is 268 g/mol. The van der Waals surface area contributed by atoms with E-state index < -0.39 is 0 Å². The maximum Gasteiger partial charge on any atom is 0.255 e. The predicted octanol–water partition coefficient (Wildman–Crippen LogP) is 2.55. The Labute approximate surface area is 112 Å². The van der Waals surface area contributed by atoms with E-state index in [0.29, 0.717) is 36.5 Å². The summed E-state index contributed by atoms with van der Waals surface area (Å²) < 4.78 is 0. The molecule has 0 unspecified atom stereocenters. The molecule has 0 spiro atoms. The van der Waals surface area contributed by atoms with Crippen molar-refractivity contribution in [2.24, 2.45) is 0 Å². The van der Waals surface area contributed by atoms with Crippen molar-refractivity contribution in [3.05, 3.63) is 33.8 Å². The van der Waals surface area contributed by atoms with Gasteiger partial charge in [0.05, 0.1) is 16.7 Å².